The van der Waals surface area contributed by atoms with E-state index in [1.54, 1.807) is 30.7 Å². The van der Waals surface area contributed by atoms with Gasteiger partial charge in [0.2, 0.25) is 0 Å². The van der Waals surface area contributed by atoms with Crippen molar-refractivity contribution in [1.82, 2.24) is 9.78 Å². The number of nitrogens with zero attached hydrogens (tertiary/aromatic N) is 2. The summed E-state index contributed by atoms with van der Waals surface area (Å²) in [6.45, 7) is 3.71. The smallest absolute Gasteiger partial charge is 0.341 e. The Labute approximate surface area is 159 Å². The molecule has 1 amide bonds. The molecule has 0 bridgehead atoms. The maximum atomic E-state index is 13.7. The van der Waals surface area contributed by atoms with Gasteiger partial charge in [0.1, 0.15) is 17.2 Å². The molecule has 2 aromatic carbocycles. The van der Waals surface area contributed by atoms with Gasteiger partial charge in [-0.1, -0.05) is 0 Å². The summed E-state index contributed by atoms with van der Waals surface area (Å²) in [5, 5.41) is 6.51. The second-order valence-electron chi connectivity index (χ2n) is 5.90. The summed E-state index contributed by atoms with van der Waals surface area (Å²) >= 11 is 0. The molecule has 28 heavy (non-hydrogen) atoms. The summed E-state index contributed by atoms with van der Waals surface area (Å²) < 4.78 is 33.4. The van der Waals surface area contributed by atoms with Crippen molar-refractivity contribution in [2.45, 2.75) is 13.8 Å². The van der Waals surface area contributed by atoms with Crippen molar-refractivity contribution >= 4 is 17.6 Å². The van der Waals surface area contributed by atoms with Crippen molar-refractivity contribution < 1.29 is 23.1 Å². The van der Waals surface area contributed by atoms with Crippen molar-refractivity contribution in [1.29, 1.82) is 0 Å². The Morgan fingerprint density at radius 2 is 1.86 bits per heavy atom. The van der Waals surface area contributed by atoms with Gasteiger partial charge in [-0.05, 0) is 50.2 Å². The minimum atomic E-state index is -0.731. The molecule has 0 saturated heterocycles. The van der Waals surface area contributed by atoms with E-state index in [0.717, 1.165) is 18.2 Å². The van der Waals surface area contributed by atoms with Gasteiger partial charge in [-0.2, -0.15) is 5.10 Å². The van der Waals surface area contributed by atoms with Gasteiger partial charge in [0.05, 0.1) is 29.9 Å². The number of esters is 1. The highest BCUT2D eigenvalue weighted by Gasteiger charge is 2.16. The Morgan fingerprint density at radius 1 is 1.14 bits per heavy atom. The Hall–Kier alpha value is -3.55. The molecule has 1 heterocycles. The molecule has 0 radical (unpaired) electrons. The van der Waals surface area contributed by atoms with E-state index in [2.05, 4.69) is 10.4 Å². The van der Waals surface area contributed by atoms with Crippen LogP contribution in [0.4, 0.5) is 14.5 Å². The van der Waals surface area contributed by atoms with Crippen LogP contribution < -0.4 is 5.32 Å². The van der Waals surface area contributed by atoms with Crippen molar-refractivity contribution in [3.8, 4) is 5.69 Å². The number of halogens is 2. The number of nitrogens with one attached hydrogen (secondary N) is 1. The summed E-state index contributed by atoms with van der Waals surface area (Å²) in [6, 6.07) is 9.12. The van der Waals surface area contributed by atoms with Gasteiger partial charge in [0.15, 0.2) is 0 Å². The Kier molecular flexibility index (Phi) is 5.49. The third-order valence-electron chi connectivity index (χ3n) is 4.06. The lowest BCUT2D eigenvalue weighted by Crippen LogP contribution is -2.13. The number of hydrogen-bond donors (Lipinski definition) is 1. The summed E-state index contributed by atoms with van der Waals surface area (Å²) in [7, 11) is 0. The van der Waals surface area contributed by atoms with E-state index >= 15 is 0 Å². The van der Waals surface area contributed by atoms with Crippen molar-refractivity contribution in [3.05, 3.63) is 77.1 Å². The maximum Gasteiger partial charge on any atom is 0.341 e. The molecule has 3 aromatic rings. The SMILES string of the molecule is CCOC(=O)c1cnn(-c2ccc(C(=O)Nc3cc(F)ccc3F)cc2)c1C. The van der Waals surface area contributed by atoms with Gasteiger partial charge in [-0.25, -0.2) is 18.3 Å². The molecule has 6 nitrogen and oxygen atoms in total. The van der Waals surface area contributed by atoms with E-state index in [1.165, 1.54) is 18.3 Å². The zero-order chi connectivity index (χ0) is 20.3. The number of aromatic nitrogens is 2. The average Bonchev–Trinajstić information content (AvgIpc) is 3.06. The molecular formula is C20H17F2N3O3. The number of rotatable bonds is 5. The van der Waals surface area contributed by atoms with Crippen LogP contribution in [0.1, 0.15) is 33.3 Å². The Morgan fingerprint density at radius 3 is 2.54 bits per heavy atom. The molecule has 0 atom stereocenters. The molecule has 8 heteroatoms. The van der Waals surface area contributed by atoms with Crippen LogP contribution >= 0.6 is 0 Å². The molecule has 0 saturated carbocycles. The highest BCUT2D eigenvalue weighted by molar-refractivity contribution is 6.04. The summed E-state index contributed by atoms with van der Waals surface area (Å²) in [4.78, 5) is 24.2. The lowest BCUT2D eigenvalue weighted by Gasteiger charge is -2.09. The highest BCUT2D eigenvalue weighted by Crippen LogP contribution is 2.19. The first-order valence-corrected chi connectivity index (χ1v) is 8.49. The van der Waals surface area contributed by atoms with Gasteiger partial charge in [0.25, 0.3) is 5.91 Å². The number of benzene rings is 2. The zero-order valence-corrected chi connectivity index (χ0v) is 15.2. The van der Waals surface area contributed by atoms with Gasteiger partial charge in [-0.3, -0.25) is 4.79 Å². The molecule has 0 aliphatic carbocycles. The van der Waals surface area contributed by atoms with Gasteiger partial charge in [0, 0.05) is 11.6 Å². The first-order chi connectivity index (χ1) is 13.4. The van der Waals surface area contributed by atoms with E-state index in [1.807, 2.05) is 0 Å². The predicted molar refractivity (Wildman–Crippen MR) is 98.6 cm³/mol. The summed E-state index contributed by atoms with van der Waals surface area (Å²) in [6.07, 6.45) is 1.42. The van der Waals surface area contributed by atoms with Crippen molar-refractivity contribution in [2.75, 3.05) is 11.9 Å². The van der Waals surface area contributed by atoms with Crippen LogP contribution in [-0.2, 0) is 4.74 Å². The molecule has 0 spiro atoms. The van der Waals surface area contributed by atoms with Crippen LogP contribution in [0.15, 0.2) is 48.7 Å². The van der Waals surface area contributed by atoms with E-state index in [-0.39, 0.29) is 17.9 Å². The number of anilines is 1. The number of carbonyl (C=O) groups excluding carboxylic acids is 2. The number of ether oxygens (including phenoxy) is 1. The van der Waals surface area contributed by atoms with Crippen LogP contribution in [-0.4, -0.2) is 28.3 Å². The average molecular weight is 385 g/mol. The van der Waals surface area contributed by atoms with Gasteiger partial charge >= 0.3 is 5.97 Å². The quantitative estimate of drug-likeness (QED) is 0.677. The predicted octanol–water partition coefficient (Wildman–Crippen LogP) is 3.89. The van der Waals surface area contributed by atoms with Crippen LogP contribution in [0, 0.1) is 18.6 Å². The first-order valence-electron chi connectivity index (χ1n) is 8.49. The topological polar surface area (TPSA) is 73.2 Å². The lowest BCUT2D eigenvalue weighted by molar-refractivity contribution is 0.0525. The molecular weight excluding hydrogens is 368 g/mol. The van der Waals surface area contributed by atoms with Crippen LogP contribution in [0.5, 0.6) is 0 Å². The minimum Gasteiger partial charge on any atom is -0.462 e. The van der Waals surface area contributed by atoms with Gasteiger partial charge < -0.3 is 10.1 Å². The summed E-state index contributed by atoms with van der Waals surface area (Å²) in [5.41, 5.74) is 1.59. The molecule has 0 unspecified atom stereocenters. The van der Waals surface area contributed by atoms with Crippen molar-refractivity contribution in [3.63, 3.8) is 0 Å². The van der Waals surface area contributed by atoms with Crippen LogP contribution in [0.3, 0.4) is 0 Å². The maximum absolute atomic E-state index is 13.7. The molecule has 0 aliphatic heterocycles. The number of amides is 1. The minimum absolute atomic E-state index is 0.240. The molecule has 0 fully saturated rings. The van der Waals surface area contributed by atoms with Crippen molar-refractivity contribution in [2.24, 2.45) is 0 Å². The van der Waals surface area contributed by atoms with E-state index in [0.29, 0.717) is 16.9 Å². The third-order valence-corrected chi connectivity index (χ3v) is 4.06. The molecule has 144 valence electrons. The highest BCUT2D eigenvalue weighted by atomic mass is 19.1. The normalized spacial score (nSPS) is 10.6. The second kappa shape index (κ2) is 7.99. The fraction of sp³-hybridized carbons (Fsp3) is 0.150. The zero-order valence-electron chi connectivity index (χ0n) is 15.2. The molecule has 3 rings (SSSR count). The van der Waals surface area contributed by atoms with Crippen LogP contribution in [0.25, 0.3) is 5.69 Å². The summed E-state index contributed by atoms with van der Waals surface area (Å²) in [5.74, 6) is -2.43. The fourth-order valence-electron chi connectivity index (χ4n) is 2.62. The molecule has 1 N–H and O–H groups in total. The first kappa shape index (κ1) is 19.2. The van der Waals surface area contributed by atoms with E-state index in [9.17, 15) is 18.4 Å². The largest absolute Gasteiger partial charge is 0.462 e. The number of carbonyl (C=O) groups is 2. The molecule has 0 aliphatic rings. The monoisotopic (exact) mass is 385 g/mol. The Bertz CT molecular complexity index is 1030. The number of hydrogen-bond acceptors (Lipinski definition) is 4. The van der Waals surface area contributed by atoms with E-state index in [4.69, 9.17) is 4.74 Å². The second-order valence-corrected chi connectivity index (χ2v) is 5.90. The third kappa shape index (κ3) is 3.90. The fourth-order valence-corrected chi connectivity index (χ4v) is 2.62. The Balaban J connectivity index is 1.79. The molecule has 1 aromatic heterocycles. The van der Waals surface area contributed by atoms with Crippen LogP contribution in [0.2, 0.25) is 0 Å². The standard InChI is InChI=1S/C20H17F2N3O3/c1-3-28-20(27)16-11-23-25(12(16)2)15-7-4-13(5-8-15)19(26)24-18-10-14(21)6-9-17(18)22/h4-11H,3H2,1-2H3,(H,24,26). The lowest BCUT2D eigenvalue weighted by atomic mass is 10.1. The van der Waals surface area contributed by atoms with E-state index < -0.39 is 23.5 Å². The van der Waals surface area contributed by atoms with Gasteiger partial charge in [-0.15, -0.1) is 0 Å².